The van der Waals surface area contributed by atoms with Crippen LogP contribution in [0, 0.1) is 5.82 Å². The summed E-state index contributed by atoms with van der Waals surface area (Å²) in [5.74, 6) is -1.65. The molecule has 6 nitrogen and oxygen atoms in total. The van der Waals surface area contributed by atoms with E-state index in [0.717, 1.165) is 10.5 Å². The van der Waals surface area contributed by atoms with Gasteiger partial charge in [0.25, 0.3) is 11.8 Å². The van der Waals surface area contributed by atoms with Crippen LogP contribution < -0.4 is 16.0 Å². The molecule has 0 aliphatic heterocycles. The van der Waals surface area contributed by atoms with Crippen molar-refractivity contribution in [2.24, 2.45) is 0 Å². The summed E-state index contributed by atoms with van der Waals surface area (Å²) >= 11 is 7.59. The molecule has 0 saturated heterocycles. The number of anilines is 2. The van der Waals surface area contributed by atoms with E-state index >= 15 is 0 Å². The molecule has 0 spiro atoms. The molecule has 242 valence electrons. The quantitative estimate of drug-likeness (QED) is 0.0960. The molecule has 3 amide bonds. The lowest BCUT2D eigenvalue weighted by molar-refractivity contribution is -0.116. The molecule has 0 saturated carbocycles. The highest BCUT2D eigenvalue weighted by Gasteiger charge is 2.23. The second kappa shape index (κ2) is 16.1. The molecule has 3 N–H and O–H groups in total. The molecule has 5 aromatic rings. The summed E-state index contributed by atoms with van der Waals surface area (Å²) in [5, 5.41) is 7.92. The van der Waals surface area contributed by atoms with Gasteiger partial charge in [-0.2, -0.15) is 0 Å². The Balaban J connectivity index is 1.33. The SMILES string of the molecule is CC(C)c1ccc(NC(=O)C(Sc2ccc(NC(=O)/C(=C/c3c(F)cccc3Cl)NC(=O)c3ccccc3)cc2)c2ccccc2)cc1. The van der Waals surface area contributed by atoms with Crippen LogP contribution in [0.1, 0.15) is 52.1 Å². The van der Waals surface area contributed by atoms with Gasteiger partial charge in [-0.15, -0.1) is 11.8 Å². The van der Waals surface area contributed by atoms with Gasteiger partial charge in [-0.05, 0) is 83.8 Å². The van der Waals surface area contributed by atoms with Gasteiger partial charge in [0.2, 0.25) is 5.91 Å². The molecule has 1 unspecified atom stereocenters. The Bertz CT molecular complexity index is 1900. The number of carbonyl (C=O) groups excluding carboxylic acids is 3. The van der Waals surface area contributed by atoms with Crippen molar-refractivity contribution in [1.82, 2.24) is 5.32 Å². The molecule has 0 radical (unpaired) electrons. The minimum absolute atomic E-state index is 0.0366. The molecule has 9 heteroatoms. The molecule has 0 aliphatic carbocycles. The summed E-state index contributed by atoms with van der Waals surface area (Å²) in [6, 6.07) is 36.8. The fraction of sp³-hybridized carbons (Fsp3) is 0.103. The van der Waals surface area contributed by atoms with Crippen molar-refractivity contribution in [2.45, 2.75) is 29.9 Å². The number of rotatable bonds is 11. The highest BCUT2D eigenvalue weighted by atomic mass is 35.5. The van der Waals surface area contributed by atoms with Crippen LogP contribution in [0.25, 0.3) is 6.08 Å². The van der Waals surface area contributed by atoms with Gasteiger partial charge in [0.15, 0.2) is 0 Å². The Hall–Kier alpha value is -5.18. The van der Waals surface area contributed by atoms with Crippen LogP contribution in [0.2, 0.25) is 5.02 Å². The van der Waals surface area contributed by atoms with Gasteiger partial charge in [0, 0.05) is 27.4 Å². The Labute approximate surface area is 288 Å². The maximum atomic E-state index is 14.7. The summed E-state index contributed by atoms with van der Waals surface area (Å²) < 4.78 is 14.7. The summed E-state index contributed by atoms with van der Waals surface area (Å²) in [5.41, 5.74) is 3.25. The lowest BCUT2D eigenvalue weighted by Gasteiger charge is -2.18. The number of halogens is 2. The summed E-state index contributed by atoms with van der Waals surface area (Å²) in [4.78, 5) is 40.7. The summed E-state index contributed by atoms with van der Waals surface area (Å²) in [6.45, 7) is 4.24. The van der Waals surface area contributed by atoms with Crippen LogP contribution in [-0.2, 0) is 9.59 Å². The highest BCUT2D eigenvalue weighted by Crippen LogP contribution is 2.37. The van der Waals surface area contributed by atoms with E-state index in [0.29, 0.717) is 22.9 Å². The van der Waals surface area contributed by atoms with Crippen LogP contribution in [0.3, 0.4) is 0 Å². The Morgan fingerprint density at radius 2 is 1.31 bits per heavy atom. The zero-order valence-corrected chi connectivity index (χ0v) is 27.8. The van der Waals surface area contributed by atoms with Crippen molar-refractivity contribution in [3.63, 3.8) is 0 Å². The normalized spacial score (nSPS) is 11.9. The Kier molecular flexibility index (Phi) is 11.4. The second-order valence-corrected chi connectivity index (χ2v) is 12.8. The molecular weight excluding hydrogens is 645 g/mol. The standard InChI is InChI=1S/C39H33ClFN3O3S/c1-25(2)26-16-18-29(19-17-26)43-39(47)36(27-10-5-3-6-11-27)48-31-22-20-30(21-23-31)42-38(46)35(24-32-33(40)14-9-15-34(32)41)44-37(45)28-12-7-4-8-13-28/h3-25,36H,1-2H3,(H,42,46)(H,43,47)(H,44,45)/b35-24-. The molecular formula is C39H33ClFN3O3S. The molecule has 48 heavy (non-hydrogen) atoms. The molecule has 0 bridgehead atoms. The van der Waals surface area contributed by atoms with Gasteiger partial charge < -0.3 is 16.0 Å². The van der Waals surface area contributed by atoms with Crippen molar-refractivity contribution in [2.75, 3.05) is 10.6 Å². The zero-order valence-electron chi connectivity index (χ0n) is 26.2. The Morgan fingerprint density at radius 1 is 0.708 bits per heavy atom. The van der Waals surface area contributed by atoms with Crippen LogP contribution in [0.15, 0.2) is 138 Å². The van der Waals surface area contributed by atoms with E-state index in [1.807, 2.05) is 54.6 Å². The van der Waals surface area contributed by atoms with Gasteiger partial charge in [-0.3, -0.25) is 14.4 Å². The van der Waals surface area contributed by atoms with Crippen molar-refractivity contribution < 1.29 is 18.8 Å². The first-order chi connectivity index (χ1) is 23.2. The molecule has 0 heterocycles. The maximum Gasteiger partial charge on any atom is 0.272 e. The lowest BCUT2D eigenvalue weighted by Crippen LogP contribution is -2.30. The molecule has 1 atom stereocenters. The fourth-order valence-corrected chi connectivity index (χ4v) is 5.99. The fourth-order valence-electron chi connectivity index (χ4n) is 4.75. The van der Waals surface area contributed by atoms with E-state index in [9.17, 15) is 18.8 Å². The number of benzene rings is 5. The van der Waals surface area contributed by atoms with Crippen molar-refractivity contribution in [1.29, 1.82) is 0 Å². The predicted molar refractivity (Wildman–Crippen MR) is 193 cm³/mol. The maximum absolute atomic E-state index is 14.7. The number of nitrogens with one attached hydrogen (secondary N) is 3. The van der Waals surface area contributed by atoms with E-state index in [1.54, 1.807) is 54.6 Å². The van der Waals surface area contributed by atoms with Gasteiger partial charge >= 0.3 is 0 Å². The minimum atomic E-state index is -0.677. The predicted octanol–water partition coefficient (Wildman–Crippen LogP) is 9.48. The number of hydrogen-bond acceptors (Lipinski definition) is 4. The van der Waals surface area contributed by atoms with Crippen molar-refractivity contribution in [3.8, 4) is 0 Å². The monoisotopic (exact) mass is 677 g/mol. The minimum Gasteiger partial charge on any atom is -0.325 e. The third-order valence-electron chi connectivity index (χ3n) is 7.37. The number of thioether (sulfide) groups is 1. The summed E-state index contributed by atoms with van der Waals surface area (Å²) in [7, 11) is 0. The first kappa shape index (κ1) is 34.2. The average Bonchev–Trinajstić information content (AvgIpc) is 3.10. The van der Waals surface area contributed by atoms with Crippen molar-refractivity contribution >= 4 is 58.5 Å². The highest BCUT2D eigenvalue weighted by molar-refractivity contribution is 8.00. The second-order valence-electron chi connectivity index (χ2n) is 11.2. The third-order valence-corrected chi connectivity index (χ3v) is 8.96. The smallest absolute Gasteiger partial charge is 0.272 e. The van der Waals surface area contributed by atoms with Crippen LogP contribution in [0.4, 0.5) is 15.8 Å². The molecule has 0 aliphatic rings. The first-order valence-electron chi connectivity index (χ1n) is 15.2. The molecule has 5 rings (SSSR count). The van der Waals surface area contributed by atoms with E-state index in [2.05, 4.69) is 29.8 Å². The van der Waals surface area contributed by atoms with E-state index in [1.165, 1.54) is 41.6 Å². The number of carbonyl (C=O) groups is 3. The van der Waals surface area contributed by atoms with E-state index in [4.69, 9.17) is 11.6 Å². The van der Waals surface area contributed by atoms with Crippen LogP contribution >= 0.6 is 23.4 Å². The van der Waals surface area contributed by atoms with Gasteiger partial charge in [-0.1, -0.05) is 92.2 Å². The topological polar surface area (TPSA) is 87.3 Å². The first-order valence-corrected chi connectivity index (χ1v) is 16.5. The third kappa shape index (κ3) is 9.00. The number of hydrogen-bond donors (Lipinski definition) is 3. The van der Waals surface area contributed by atoms with Gasteiger partial charge in [0.1, 0.15) is 16.8 Å². The summed E-state index contributed by atoms with van der Waals surface area (Å²) in [6.07, 6.45) is 1.21. The van der Waals surface area contributed by atoms with E-state index < -0.39 is 22.9 Å². The average molecular weight is 678 g/mol. The molecule has 0 aromatic heterocycles. The Morgan fingerprint density at radius 3 is 1.94 bits per heavy atom. The van der Waals surface area contributed by atoms with Gasteiger partial charge in [0.05, 0.1) is 5.02 Å². The van der Waals surface area contributed by atoms with E-state index in [-0.39, 0.29) is 22.2 Å². The van der Waals surface area contributed by atoms with Crippen LogP contribution in [-0.4, -0.2) is 17.7 Å². The molecule has 0 fully saturated rings. The zero-order chi connectivity index (χ0) is 34.0. The van der Waals surface area contributed by atoms with Crippen molar-refractivity contribution in [3.05, 3.63) is 166 Å². The van der Waals surface area contributed by atoms with Crippen LogP contribution in [0.5, 0.6) is 0 Å². The molecule has 5 aromatic carbocycles. The number of amides is 3. The largest absolute Gasteiger partial charge is 0.325 e. The van der Waals surface area contributed by atoms with Gasteiger partial charge in [-0.25, -0.2) is 4.39 Å². The lowest BCUT2D eigenvalue weighted by atomic mass is 10.0.